The van der Waals surface area contributed by atoms with Gasteiger partial charge in [-0.15, -0.1) is 0 Å². The highest BCUT2D eigenvalue weighted by Crippen LogP contribution is 2.38. The summed E-state index contributed by atoms with van der Waals surface area (Å²) < 4.78 is 20.5. The van der Waals surface area contributed by atoms with Crippen LogP contribution in [0.25, 0.3) is 11.1 Å². The topological polar surface area (TPSA) is 12.5 Å². The number of allylic oxidation sites excluding steroid dienone is 10. The summed E-state index contributed by atoms with van der Waals surface area (Å²) >= 11 is 6.85. The highest BCUT2D eigenvalue weighted by atomic mass is 35.5. The summed E-state index contributed by atoms with van der Waals surface area (Å²) in [5.41, 5.74) is 19.0. The van der Waals surface area contributed by atoms with Gasteiger partial charge < -0.3 is 34.6 Å². The Bertz CT molecular complexity index is 2630. The van der Waals surface area contributed by atoms with Crippen LogP contribution in [0.2, 0.25) is 5.02 Å². The Labute approximate surface area is 516 Å². The summed E-state index contributed by atoms with van der Waals surface area (Å²) in [6.45, 7) is 35.8. The largest absolute Gasteiger partial charge is 1.00 e. The monoisotopic (exact) mass is 1170 g/mol. The first-order valence-electron chi connectivity index (χ1n) is 31.6. The minimum atomic E-state index is -0.180. The SMILES string of the molecule is CCCCN(CCCC)c1ccc(C(=C2C=CC(=[N+](CCCC)CCCC)C(C)=C2)c2ccccc2Cl)cc1C.CCCCN(CCCC)c1ccc(C(=C2C=CC(=[N+](CCCC)CCCC)C(C)=C2)c2ccccc2F)cc1C.[Cl-].[Cl-]. The lowest BCUT2D eigenvalue weighted by atomic mass is 9.88. The van der Waals surface area contributed by atoms with Crippen LogP contribution in [0.4, 0.5) is 15.8 Å². The van der Waals surface area contributed by atoms with E-state index in [4.69, 9.17) is 11.6 Å². The number of halogens is 4. The first kappa shape index (κ1) is 71.3. The molecule has 0 spiro atoms. The van der Waals surface area contributed by atoms with Crippen LogP contribution in [-0.2, 0) is 0 Å². The molecule has 0 fully saturated rings. The lowest BCUT2D eigenvalue weighted by Gasteiger charge is -2.27. The summed E-state index contributed by atoms with van der Waals surface area (Å²) in [5.74, 6) is -0.180. The van der Waals surface area contributed by atoms with Crippen LogP contribution in [0.1, 0.15) is 205 Å². The highest BCUT2D eigenvalue weighted by molar-refractivity contribution is 6.32. The molecule has 0 saturated heterocycles. The molecule has 0 aliphatic heterocycles. The molecule has 82 heavy (non-hydrogen) atoms. The lowest BCUT2D eigenvalue weighted by molar-refractivity contribution is -0.528. The average molecular weight is 1180 g/mol. The number of hydrogen-bond acceptors (Lipinski definition) is 2. The van der Waals surface area contributed by atoms with Crippen molar-refractivity contribution in [2.45, 2.75) is 186 Å². The van der Waals surface area contributed by atoms with Crippen LogP contribution in [0.3, 0.4) is 0 Å². The second-order valence-corrected chi connectivity index (χ2v) is 22.9. The van der Waals surface area contributed by atoms with Gasteiger partial charge in [0.1, 0.15) is 32.0 Å². The first-order valence-corrected chi connectivity index (χ1v) is 31.9. The maximum atomic E-state index is 15.3. The maximum absolute atomic E-state index is 15.3. The van der Waals surface area contributed by atoms with E-state index in [0.29, 0.717) is 5.56 Å². The molecule has 2 aliphatic carbocycles. The minimum absolute atomic E-state index is 0. The predicted molar refractivity (Wildman–Crippen MR) is 352 cm³/mol. The molecule has 0 aromatic heterocycles. The van der Waals surface area contributed by atoms with Crippen molar-refractivity contribution in [1.29, 1.82) is 0 Å². The van der Waals surface area contributed by atoms with E-state index in [2.05, 4.69) is 187 Å². The molecule has 0 bridgehead atoms. The number of rotatable bonds is 30. The van der Waals surface area contributed by atoms with Crippen molar-refractivity contribution >= 4 is 45.5 Å². The maximum Gasteiger partial charge on any atom is 0.202 e. The smallest absolute Gasteiger partial charge is 0.202 e. The van der Waals surface area contributed by atoms with Gasteiger partial charge >= 0.3 is 0 Å². The molecule has 0 amide bonds. The van der Waals surface area contributed by atoms with Gasteiger partial charge in [-0.2, -0.15) is 0 Å². The first-order chi connectivity index (χ1) is 38.9. The van der Waals surface area contributed by atoms with Gasteiger partial charge in [-0.1, -0.05) is 167 Å². The van der Waals surface area contributed by atoms with Crippen molar-refractivity contribution in [3.63, 3.8) is 0 Å². The van der Waals surface area contributed by atoms with Crippen LogP contribution in [-0.4, -0.2) is 72.9 Å². The molecule has 2 aliphatic rings. The molecule has 0 heterocycles. The molecule has 8 heteroatoms. The Hall–Kier alpha value is -4.94. The fourth-order valence-electron chi connectivity index (χ4n) is 11.1. The van der Waals surface area contributed by atoms with Crippen LogP contribution >= 0.6 is 11.6 Å². The molecule has 4 aromatic carbocycles. The molecule has 6 rings (SSSR count). The molecule has 0 saturated carbocycles. The summed E-state index contributed by atoms with van der Waals surface area (Å²) in [7, 11) is 0. The minimum Gasteiger partial charge on any atom is -1.00 e. The molecule has 0 atom stereocenters. The summed E-state index contributed by atoms with van der Waals surface area (Å²) in [6, 6.07) is 29.2. The van der Waals surface area contributed by atoms with E-state index in [9.17, 15) is 0 Å². The lowest BCUT2D eigenvalue weighted by Crippen LogP contribution is -3.00. The van der Waals surface area contributed by atoms with E-state index in [1.807, 2.05) is 24.3 Å². The molecule has 448 valence electrons. The quantitative estimate of drug-likeness (QED) is 0.0483. The van der Waals surface area contributed by atoms with Gasteiger partial charge in [0.2, 0.25) is 11.4 Å². The van der Waals surface area contributed by atoms with Crippen LogP contribution in [0.5, 0.6) is 0 Å². The molecule has 0 N–H and O–H groups in total. The highest BCUT2D eigenvalue weighted by Gasteiger charge is 2.24. The fraction of sp³-hybridized carbons (Fsp3) is 0.486. The number of aryl methyl sites for hydroxylation is 2. The van der Waals surface area contributed by atoms with Gasteiger partial charge in [0.05, 0.1) is 0 Å². The zero-order valence-electron chi connectivity index (χ0n) is 52.8. The van der Waals surface area contributed by atoms with E-state index in [0.717, 1.165) is 79.7 Å². The van der Waals surface area contributed by atoms with E-state index < -0.39 is 0 Å². The summed E-state index contributed by atoms with van der Waals surface area (Å²) in [6.07, 6.45) is 33.0. The summed E-state index contributed by atoms with van der Waals surface area (Å²) in [5, 5.41) is 0.793. The second kappa shape index (κ2) is 38.8. The average Bonchev–Trinajstić information content (AvgIpc) is 3.53. The van der Waals surface area contributed by atoms with E-state index in [-0.39, 0.29) is 30.6 Å². The third-order valence-corrected chi connectivity index (χ3v) is 16.2. The second-order valence-electron chi connectivity index (χ2n) is 22.5. The Kier molecular flexibility index (Phi) is 33.8. The van der Waals surface area contributed by atoms with Gasteiger partial charge in [0.25, 0.3) is 0 Å². The Morgan fingerprint density at radius 2 is 0.768 bits per heavy atom. The van der Waals surface area contributed by atoms with Gasteiger partial charge in [-0.25, -0.2) is 13.5 Å². The van der Waals surface area contributed by atoms with E-state index >= 15 is 4.39 Å². The molecular weight excluding hydrogens is 1070 g/mol. The van der Waals surface area contributed by atoms with Gasteiger partial charge in [0, 0.05) is 103 Å². The number of anilines is 2. The molecule has 0 radical (unpaired) electrons. The third kappa shape index (κ3) is 20.7. The number of benzene rings is 4. The van der Waals surface area contributed by atoms with E-state index in [1.54, 1.807) is 12.1 Å². The third-order valence-electron chi connectivity index (χ3n) is 15.8. The van der Waals surface area contributed by atoms with E-state index in [1.165, 1.54) is 165 Å². The van der Waals surface area contributed by atoms with Crippen molar-refractivity contribution in [2.24, 2.45) is 0 Å². The van der Waals surface area contributed by atoms with Gasteiger partial charge in [-0.05, 0) is 159 Å². The zero-order chi connectivity index (χ0) is 57.8. The Balaban J connectivity index is 0.000000420. The van der Waals surface area contributed by atoms with Crippen LogP contribution in [0.15, 0.2) is 144 Å². The molecule has 4 aromatic rings. The van der Waals surface area contributed by atoms with Crippen molar-refractivity contribution in [3.8, 4) is 0 Å². The van der Waals surface area contributed by atoms with Crippen molar-refractivity contribution in [2.75, 3.05) is 62.2 Å². The Morgan fingerprint density at radius 3 is 1.10 bits per heavy atom. The van der Waals surface area contributed by atoms with Gasteiger partial charge in [-0.3, -0.25) is 0 Å². The normalized spacial score (nSPS) is 14.0. The van der Waals surface area contributed by atoms with Gasteiger partial charge in [0.15, 0.2) is 0 Å². The standard InChI is InChI=1S/C37H52ClN2.C37H52FN2.2ClH/c2*1-7-11-23-39(24-12-8-2)35-21-19-31(27-29(35)5)37(33-17-15-16-18-34(33)38)32-20-22-36(30(6)28-32)40(25-13-9-3)26-14-10-4;;/h2*15-22,27-28H,7-14,23-26H2,1-6H3;2*1H/q2*+1;;/p-2. The van der Waals surface area contributed by atoms with Crippen LogP contribution in [0, 0.1) is 19.7 Å². The number of hydrogen-bond donors (Lipinski definition) is 0. The number of unbranched alkanes of at least 4 members (excludes halogenated alkanes) is 8. The summed E-state index contributed by atoms with van der Waals surface area (Å²) in [4.78, 5) is 5.12. The number of nitrogens with zero attached hydrogens (tertiary/aromatic N) is 4. The Morgan fingerprint density at radius 1 is 0.427 bits per heavy atom. The predicted octanol–water partition coefficient (Wildman–Crippen LogP) is 14.3. The fourth-order valence-corrected chi connectivity index (χ4v) is 11.4. The van der Waals surface area contributed by atoms with Crippen molar-refractivity contribution < 1.29 is 38.4 Å². The van der Waals surface area contributed by atoms with Crippen molar-refractivity contribution in [3.05, 3.63) is 188 Å². The van der Waals surface area contributed by atoms with Crippen molar-refractivity contribution in [1.82, 2.24) is 0 Å². The zero-order valence-corrected chi connectivity index (χ0v) is 55.1. The molecule has 4 nitrogen and oxygen atoms in total. The molecular formula is C74H104Cl3FN4. The molecule has 0 unspecified atom stereocenters. The van der Waals surface area contributed by atoms with Crippen LogP contribution < -0.4 is 34.6 Å².